The number of nitrogens with two attached hydrogens (primary N) is 1. The number of nitrogens with zero attached hydrogens (tertiary/aromatic N) is 1. The zero-order valence-corrected chi connectivity index (χ0v) is 19.0. The van der Waals surface area contributed by atoms with E-state index in [-0.39, 0.29) is 29.0 Å². The van der Waals surface area contributed by atoms with E-state index in [1.54, 1.807) is 12.1 Å². The van der Waals surface area contributed by atoms with Gasteiger partial charge in [-0.3, -0.25) is 9.59 Å². The molecule has 1 heterocycles. The third-order valence-electron chi connectivity index (χ3n) is 5.74. The maximum atomic E-state index is 13.6. The van der Waals surface area contributed by atoms with Crippen molar-refractivity contribution in [2.45, 2.75) is 17.4 Å². The maximum Gasteiger partial charge on any atom is 0.295 e. The van der Waals surface area contributed by atoms with E-state index < -0.39 is 45.1 Å². The van der Waals surface area contributed by atoms with Gasteiger partial charge in [0.15, 0.2) is 0 Å². The van der Waals surface area contributed by atoms with Crippen molar-refractivity contribution < 1.29 is 31.9 Å². The molecule has 1 aliphatic heterocycles. The number of halogens is 2. The van der Waals surface area contributed by atoms with Gasteiger partial charge < -0.3 is 10.0 Å². The Labute approximate surface area is 200 Å². The summed E-state index contributed by atoms with van der Waals surface area (Å²) < 4.78 is 49.9. The molecule has 180 valence electrons. The van der Waals surface area contributed by atoms with Gasteiger partial charge in [0.05, 0.1) is 16.5 Å². The Bertz CT molecular complexity index is 1420. The highest BCUT2D eigenvalue weighted by atomic mass is 32.2. The lowest BCUT2D eigenvalue weighted by molar-refractivity contribution is -0.139. The lowest BCUT2D eigenvalue weighted by Gasteiger charge is -2.25. The van der Waals surface area contributed by atoms with Crippen molar-refractivity contribution in [1.82, 2.24) is 4.90 Å². The van der Waals surface area contributed by atoms with Gasteiger partial charge >= 0.3 is 0 Å². The number of amides is 1. The van der Waals surface area contributed by atoms with Gasteiger partial charge in [-0.1, -0.05) is 24.3 Å². The fraction of sp³-hybridized carbons (Fsp3) is 0.120. The predicted octanol–water partition coefficient (Wildman–Crippen LogP) is 3.28. The van der Waals surface area contributed by atoms with Gasteiger partial charge in [-0.05, 0) is 66.1 Å². The molecule has 1 aliphatic rings. The average molecular weight is 499 g/mol. The van der Waals surface area contributed by atoms with Crippen molar-refractivity contribution in [1.29, 1.82) is 0 Å². The summed E-state index contributed by atoms with van der Waals surface area (Å²) in [5.41, 5.74) is 1.03. The van der Waals surface area contributed by atoms with Gasteiger partial charge in [0.25, 0.3) is 11.7 Å². The molecule has 0 aromatic heterocycles. The van der Waals surface area contributed by atoms with Crippen LogP contribution in [0.2, 0.25) is 0 Å². The van der Waals surface area contributed by atoms with Crippen LogP contribution in [0.1, 0.15) is 22.7 Å². The molecule has 1 unspecified atom stereocenters. The number of rotatable bonds is 6. The number of hydrogen-bond acceptors (Lipinski definition) is 5. The van der Waals surface area contributed by atoms with Crippen LogP contribution in [-0.2, 0) is 26.0 Å². The van der Waals surface area contributed by atoms with Gasteiger partial charge in [-0.2, -0.15) is 0 Å². The molecule has 35 heavy (non-hydrogen) atoms. The first-order valence-corrected chi connectivity index (χ1v) is 12.0. The highest BCUT2D eigenvalue weighted by Crippen LogP contribution is 2.39. The van der Waals surface area contributed by atoms with Crippen LogP contribution in [0.3, 0.4) is 0 Å². The summed E-state index contributed by atoms with van der Waals surface area (Å²) in [5.74, 6) is -3.31. The second-order valence-corrected chi connectivity index (χ2v) is 9.55. The number of Topliss-reactive ketones (excluding diaryl/α,β-unsaturated/α-hetero) is 1. The molecule has 0 radical (unpaired) electrons. The largest absolute Gasteiger partial charge is 0.507 e. The monoisotopic (exact) mass is 498 g/mol. The minimum atomic E-state index is -3.86. The molecule has 3 N–H and O–H groups in total. The number of carbonyl (C=O) groups is 2. The predicted molar refractivity (Wildman–Crippen MR) is 123 cm³/mol. The first-order chi connectivity index (χ1) is 16.6. The van der Waals surface area contributed by atoms with Gasteiger partial charge in [0, 0.05) is 12.1 Å². The van der Waals surface area contributed by atoms with Gasteiger partial charge in [-0.15, -0.1) is 0 Å². The van der Waals surface area contributed by atoms with E-state index in [4.69, 9.17) is 5.14 Å². The zero-order chi connectivity index (χ0) is 25.3. The SMILES string of the molecule is NS(=O)(=O)c1ccc(CCN2C(=O)C(=O)/C(=C(/O)c3ccc(F)cc3)C2c2ccc(F)cc2)cc1. The molecular formula is C25H20F2N2O5S. The fourth-order valence-corrected chi connectivity index (χ4v) is 4.48. The zero-order valence-electron chi connectivity index (χ0n) is 18.2. The molecule has 0 aliphatic carbocycles. The second-order valence-electron chi connectivity index (χ2n) is 7.99. The number of ketones is 1. The highest BCUT2D eigenvalue weighted by molar-refractivity contribution is 7.89. The molecule has 3 aromatic rings. The summed E-state index contributed by atoms with van der Waals surface area (Å²) in [6, 6.07) is 14.7. The maximum absolute atomic E-state index is 13.6. The molecule has 1 saturated heterocycles. The van der Waals surface area contributed by atoms with Crippen LogP contribution in [0.15, 0.2) is 83.3 Å². The summed E-state index contributed by atoms with van der Waals surface area (Å²) in [4.78, 5) is 27.1. The number of aliphatic hydroxyl groups excluding tert-OH is 1. The van der Waals surface area contributed by atoms with Crippen molar-refractivity contribution in [3.05, 3.63) is 107 Å². The third kappa shape index (κ3) is 4.98. The van der Waals surface area contributed by atoms with Crippen molar-refractivity contribution in [2.75, 3.05) is 6.54 Å². The van der Waals surface area contributed by atoms with Crippen molar-refractivity contribution in [3.63, 3.8) is 0 Å². The number of aliphatic hydroxyl groups is 1. The molecular weight excluding hydrogens is 478 g/mol. The lowest BCUT2D eigenvalue weighted by atomic mass is 9.95. The topological polar surface area (TPSA) is 118 Å². The second kappa shape index (κ2) is 9.40. The standard InChI is InChI=1S/C25H20F2N2O5S/c26-18-7-3-16(4-8-18)22-21(23(30)17-5-9-19(27)10-6-17)24(31)25(32)29(22)14-13-15-1-11-20(12-2-15)35(28,33)34/h1-12,22,30H,13-14H2,(H2,28,33,34)/b23-21+. The van der Waals surface area contributed by atoms with Crippen LogP contribution in [0.25, 0.3) is 5.76 Å². The van der Waals surface area contributed by atoms with E-state index in [0.717, 1.165) is 12.1 Å². The summed E-state index contributed by atoms with van der Waals surface area (Å²) in [7, 11) is -3.86. The van der Waals surface area contributed by atoms with E-state index in [2.05, 4.69) is 0 Å². The van der Waals surface area contributed by atoms with Gasteiger partial charge in [-0.25, -0.2) is 22.3 Å². The molecule has 0 bridgehead atoms. The molecule has 1 atom stereocenters. The van der Waals surface area contributed by atoms with Crippen LogP contribution in [-0.4, -0.2) is 36.7 Å². The molecule has 3 aromatic carbocycles. The van der Waals surface area contributed by atoms with E-state index >= 15 is 0 Å². The Kier molecular flexibility index (Phi) is 6.51. The fourth-order valence-electron chi connectivity index (χ4n) is 3.96. The molecule has 7 nitrogen and oxygen atoms in total. The molecule has 4 rings (SSSR count). The van der Waals surface area contributed by atoms with Crippen LogP contribution < -0.4 is 5.14 Å². The Hall–Kier alpha value is -3.89. The summed E-state index contributed by atoms with van der Waals surface area (Å²) in [6.45, 7) is 0.0432. The van der Waals surface area contributed by atoms with Crippen molar-refractivity contribution in [2.24, 2.45) is 5.14 Å². The third-order valence-corrected chi connectivity index (χ3v) is 6.67. The van der Waals surface area contributed by atoms with Crippen LogP contribution in [0.5, 0.6) is 0 Å². The summed E-state index contributed by atoms with van der Waals surface area (Å²) >= 11 is 0. The highest BCUT2D eigenvalue weighted by Gasteiger charge is 2.45. The number of primary sulfonamides is 1. The Balaban J connectivity index is 1.72. The van der Waals surface area contributed by atoms with E-state index in [1.165, 1.54) is 53.4 Å². The molecule has 0 saturated carbocycles. The van der Waals surface area contributed by atoms with E-state index in [0.29, 0.717) is 11.1 Å². The minimum Gasteiger partial charge on any atom is -0.507 e. The molecule has 10 heteroatoms. The van der Waals surface area contributed by atoms with Crippen LogP contribution in [0, 0.1) is 11.6 Å². The van der Waals surface area contributed by atoms with Crippen molar-refractivity contribution in [3.8, 4) is 0 Å². The molecule has 1 amide bonds. The van der Waals surface area contributed by atoms with Gasteiger partial charge in [0.1, 0.15) is 17.4 Å². The van der Waals surface area contributed by atoms with Crippen LogP contribution >= 0.6 is 0 Å². The number of likely N-dealkylation sites (tertiary alicyclic amines) is 1. The smallest absolute Gasteiger partial charge is 0.295 e. The van der Waals surface area contributed by atoms with Gasteiger partial charge in [0.2, 0.25) is 10.0 Å². The Morgan fingerprint density at radius 1 is 0.886 bits per heavy atom. The van der Waals surface area contributed by atoms with Crippen LogP contribution in [0.4, 0.5) is 8.78 Å². The Morgan fingerprint density at radius 3 is 1.97 bits per heavy atom. The first-order valence-electron chi connectivity index (χ1n) is 10.5. The quantitative estimate of drug-likeness (QED) is 0.307. The Morgan fingerprint density at radius 2 is 1.43 bits per heavy atom. The first kappa shape index (κ1) is 24.2. The summed E-state index contributed by atoms with van der Waals surface area (Å²) in [6.07, 6.45) is 0.256. The lowest BCUT2D eigenvalue weighted by Crippen LogP contribution is -2.31. The molecule has 0 spiro atoms. The number of benzene rings is 3. The van der Waals surface area contributed by atoms with E-state index in [1.807, 2.05) is 0 Å². The number of sulfonamides is 1. The van der Waals surface area contributed by atoms with E-state index in [9.17, 15) is 31.9 Å². The minimum absolute atomic E-state index is 0.0432. The molecule has 1 fully saturated rings. The van der Waals surface area contributed by atoms with Crippen molar-refractivity contribution >= 4 is 27.5 Å². The average Bonchev–Trinajstić information content (AvgIpc) is 3.08. The normalized spacial score (nSPS) is 17.7. The number of hydrogen-bond donors (Lipinski definition) is 2. The summed E-state index contributed by atoms with van der Waals surface area (Å²) in [5, 5.41) is 16.0. The number of carbonyl (C=O) groups excluding carboxylic acids is 2.